The van der Waals surface area contributed by atoms with Crippen molar-refractivity contribution in [3.8, 4) is 11.4 Å². The van der Waals surface area contributed by atoms with Crippen LogP contribution in [-0.4, -0.2) is 67.1 Å². The Balaban J connectivity index is 1.36. The van der Waals surface area contributed by atoms with Gasteiger partial charge in [-0.25, -0.2) is 9.97 Å². The van der Waals surface area contributed by atoms with E-state index in [1.807, 2.05) is 36.4 Å². The number of H-pyrrole nitrogens is 1. The largest absolute Gasteiger partial charge is 0.378 e. The highest BCUT2D eigenvalue weighted by molar-refractivity contribution is 5.95. The first kappa shape index (κ1) is 24.4. The summed E-state index contributed by atoms with van der Waals surface area (Å²) in [5, 5.41) is 4.75. The predicted octanol–water partition coefficient (Wildman–Crippen LogP) is 4.10. The van der Waals surface area contributed by atoms with Crippen molar-refractivity contribution in [3.63, 3.8) is 0 Å². The van der Waals surface area contributed by atoms with Crippen LogP contribution in [0.5, 0.6) is 0 Å². The first-order valence-corrected chi connectivity index (χ1v) is 13.1. The Bertz CT molecular complexity index is 1510. The molecule has 4 aromatic rings. The summed E-state index contributed by atoms with van der Waals surface area (Å²) in [6, 6.07) is 16.1. The van der Waals surface area contributed by atoms with Crippen LogP contribution in [0.3, 0.4) is 0 Å². The van der Waals surface area contributed by atoms with Crippen LogP contribution >= 0.6 is 0 Å². The van der Waals surface area contributed by atoms with Gasteiger partial charge in [-0.3, -0.25) is 4.79 Å². The second-order valence-electron chi connectivity index (χ2n) is 9.86. The number of nitrogens with one attached hydrogen (secondary N) is 2. The average molecular weight is 513 g/mol. The standard InChI is InChI=1S/C29H32N6O3/c1-19-16-22(6-7-25(19)35-12-15-38-20(2)18-35)31-28-27-21(8-9-30-29(27)36)17-24(33-28)23-4-3-5-26(32-23)34-10-13-37-14-11-34/h3-9,16-17,20H,10-15,18H2,1-2H3,(H,30,36)(H,31,33)/t20-/m1/s1. The first-order chi connectivity index (χ1) is 18.5. The minimum atomic E-state index is -0.185. The lowest BCUT2D eigenvalue weighted by Gasteiger charge is -2.34. The lowest BCUT2D eigenvalue weighted by molar-refractivity contribution is 0.0532. The third-order valence-corrected chi connectivity index (χ3v) is 7.13. The summed E-state index contributed by atoms with van der Waals surface area (Å²) in [6.45, 7) is 9.68. The molecule has 2 aliphatic heterocycles. The van der Waals surface area contributed by atoms with Gasteiger partial charge >= 0.3 is 0 Å². The number of morpholine rings is 2. The van der Waals surface area contributed by atoms with Crippen LogP contribution in [-0.2, 0) is 9.47 Å². The van der Waals surface area contributed by atoms with Gasteiger partial charge in [0.15, 0.2) is 0 Å². The number of ether oxygens (including phenoxy) is 2. The Kier molecular flexibility index (Phi) is 6.70. The molecule has 2 N–H and O–H groups in total. The Hall–Kier alpha value is -3.95. The van der Waals surface area contributed by atoms with E-state index >= 15 is 0 Å². The number of aromatic amines is 1. The maximum absolute atomic E-state index is 12.9. The number of hydrogen-bond donors (Lipinski definition) is 2. The summed E-state index contributed by atoms with van der Waals surface area (Å²) in [5.74, 6) is 1.40. The van der Waals surface area contributed by atoms with Gasteiger partial charge in [-0.05, 0) is 67.3 Å². The van der Waals surface area contributed by atoms with Gasteiger partial charge in [-0.1, -0.05) is 6.07 Å². The highest BCUT2D eigenvalue weighted by atomic mass is 16.5. The summed E-state index contributed by atoms with van der Waals surface area (Å²) in [6.07, 6.45) is 1.87. The van der Waals surface area contributed by atoms with Crippen molar-refractivity contribution in [1.29, 1.82) is 0 Å². The fraction of sp³-hybridized carbons (Fsp3) is 0.345. The number of nitrogens with zero attached hydrogens (tertiary/aromatic N) is 4. The lowest BCUT2D eigenvalue weighted by Crippen LogP contribution is -2.41. The molecule has 1 atom stereocenters. The molecule has 0 aliphatic carbocycles. The van der Waals surface area contributed by atoms with E-state index in [4.69, 9.17) is 19.4 Å². The van der Waals surface area contributed by atoms with Crippen LogP contribution in [0.2, 0.25) is 0 Å². The molecule has 0 bridgehead atoms. The van der Waals surface area contributed by atoms with E-state index in [1.54, 1.807) is 6.20 Å². The number of fused-ring (bicyclic) bond motifs is 1. The molecule has 9 heteroatoms. The van der Waals surface area contributed by atoms with Gasteiger partial charge in [0, 0.05) is 43.8 Å². The van der Waals surface area contributed by atoms with Gasteiger partial charge in [-0.2, -0.15) is 0 Å². The van der Waals surface area contributed by atoms with Gasteiger partial charge in [0.2, 0.25) is 0 Å². The Morgan fingerprint density at radius 3 is 2.63 bits per heavy atom. The van der Waals surface area contributed by atoms with Gasteiger partial charge in [-0.15, -0.1) is 0 Å². The lowest BCUT2D eigenvalue weighted by atomic mass is 10.1. The van der Waals surface area contributed by atoms with E-state index in [9.17, 15) is 4.79 Å². The van der Waals surface area contributed by atoms with E-state index in [1.165, 1.54) is 5.69 Å². The molecular weight excluding hydrogens is 480 g/mol. The van der Waals surface area contributed by atoms with Crippen molar-refractivity contribution in [2.75, 3.05) is 61.1 Å². The van der Waals surface area contributed by atoms with Crippen LogP contribution in [0.1, 0.15) is 12.5 Å². The minimum Gasteiger partial charge on any atom is -0.378 e. The molecule has 6 rings (SSSR count). The molecular formula is C29H32N6O3. The van der Waals surface area contributed by atoms with Crippen molar-refractivity contribution in [2.45, 2.75) is 20.0 Å². The van der Waals surface area contributed by atoms with Crippen molar-refractivity contribution in [2.24, 2.45) is 0 Å². The Morgan fingerprint density at radius 2 is 1.82 bits per heavy atom. The maximum atomic E-state index is 12.9. The zero-order chi connectivity index (χ0) is 26.1. The second-order valence-corrected chi connectivity index (χ2v) is 9.86. The number of aryl methyl sites for hydroxylation is 1. The molecule has 9 nitrogen and oxygen atoms in total. The van der Waals surface area contributed by atoms with Crippen LogP contribution in [0.4, 0.5) is 23.0 Å². The van der Waals surface area contributed by atoms with Crippen molar-refractivity contribution in [1.82, 2.24) is 15.0 Å². The minimum absolute atomic E-state index is 0.185. The molecule has 2 fully saturated rings. The van der Waals surface area contributed by atoms with Crippen LogP contribution in [0.25, 0.3) is 22.2 Å². The summed E-state index contributed by atoms with van der Waals surface area (Å²) >= 11 is 0. The molecule has 0 unspecified atom stereocenters. The third-order valence-electron chi connectivity index (χ3n) is 7.13. The fourth-order valence-corrected chi connectivity index (χ4v) is 5.23. The molecule has 196 valence electrons. The molecule has 2 saturated heterocycles. The normalized spacial score (nSPS) is 18.1. The van der Waals surface area contributed by atoms with Gasteiger partial charge in [0.1, 0.15) is 11.6 Å². The van der Waals surface area contributed by atoms with E-state index in [-0.39, 0.29) is 11.7 Å². The molecule has 1 aromatic carbocycles. The fourth-order valence-electron chi connectivity index (χ4n) is 5.23. The topological polar surface area (TPSA) is 95.6 Å². The number of pyridine rings is 3. The van der Waals surface area contributed by atoms with Crippen molar-refractivity contribution < 1.29 is 9.47 Å². The third kappa shape index (κ3) is 4.94. The van der Waals surface area contributed by atoms with E-state index in [0.717, 1.165) is 60.9 Å². The molecule has 38 heavy (non-hydrogen) atoms. The smallest absolute Gasteiger partial charge is 0.259 e. The van der Waals surface area contributed by atoms with Crippen LogP contribution < -0.4 is 20.7 Å². The summed E-state index contributed by atoms with van der Waals surface area (Å²) in [4.78, 5) is 30.0. The average Bonchev–Trinajstić information content (AvgIpc) is 2.93. The van der Waals surface area contributed by atoms with E-state index in [0.29, 0.717) is 30.1 Å². The molecule has 5 heterocycles. The van der Waals surface area contributed by atoms with E-state index in [2.05, 4.69) is 46.1 Å². The molecule has 3 aromatic heterocycles. The molecule has 0 saturated carbocycles. The monoisotopic (exact) mass is 512 g/mol. The summed E-state index contributed by atoms with van der Waals surface area (Å²) < 4.78 is 11.2. The van der Waals surface area contributed by atoms with Crippen molar-refractivity contribution >= 4 is 33.8 Å². The maximum Gasteiger partial charge on any atom is 0.259 e. The zero-order valence-corrected chi connectivity index (χ0v) is 21.7. The number of anilines is 4. The van der Waals surface area contributed by atoms with Crippen molar-refractivity contribution in [3.05, 3.63) is 70.6 Å². The van der Waals surface area contributed by atoms with E-state index < -0.39 is 0 Å². The number of hydrogen-bond acceptors (Lipinski definition) is 8. The summed E-state index contributed by atoms with van der Waals surface area (Å²) in [5.41, 5.74) is 4.49. The molecule has 0 radical (unpaired) electrons. The SMILES string of the molecule is Cc1cc(Nc2nc(-c3cccc(N4CCOCC4)n3)cc3cc[nH]c(=O)c23)ccc1N1CCO[C@H](C)C1. The number of rotatable bonds is 5. The van der Waals surface area contributed by atoms with Gasteiger partial charge in [0.25, 0.3) is 5.56 Å². The predicted molar refractivity (Wildman–Crippen MR) is 151 cm³/mol. The Labute approximate surface area is 221 Å². The highest BCUT2D eigenvalue weighted by Crippen LogP contribution is 2.31. The molecule has 0 spiro atoms. The van der Waals surface area contributed by atoms with Crippen LogP contribution in [0.15, 0.2) is 59.5 Å². The highest BCUT2D eigenvalue weighted by Gasteiger charge is 2.19. The van der Waals surface area contributed by atoms with Crippen LogP contribution in [0, 0.1) is 6.92 Å². The first-order valence-electron chi connectivity index (χ1n) is 13.1. The summed E-state index contributed by atoms with van der Waals surface area (Å²) in [7, 11) is 0. The van der Waals surface area contributed by atoms with Gasteiger partial charge < -0.3 is 29.6 Å². The number of benzene rings is 1. The zero-order valence-electron chi connectivity index (χ0n) is 21.7. The molecule has 0 amide bonds. The Morgan fingerprint density at radius 1 is 0.974 bits per heavy atom. The quantitative estimate of drug-likeness (QED) is 0.413. The van der Waals surface area contributed by atoms with Gasteiger partial charge in [0.05, 0.1) is 42.7 Å². The number of aromatic nitrogens is 3. The second kappa shape index (κ2) is 10.4. The molecule has 2 aliphatic rings.